The minimum atomic E-state index is -3.21. The van der Waals surface area contributed by atoms with Crippen LogP contribution in [0.4, 0.5) is 4.79 Å². The number of carbonyl (C=O) groups is 1. The topological polar surface area (TPSA) is 97.4 Å². The van der Waals surface area contributed by atoms with Crippen LogP contribution in [-0.4, -0.2) is 32.8 Å². The van der Waals surface area contributed by atoms with E-state index in [4.69, 9.17) is 4.74 Å². The van der Waals surface area contributed by atoms with Crippen molar-refractivity contribution in [2.24, 2.45) is 0 Å². The molecule has 1 aromatic carbocycles. The molecular weight excluding hydrogens is 330 g/mol. The fourth-order valence-electron chi connectivity index (χ4n) is 1.95. The van der Waals surface area contributed by atoms with Gasteiger partial charge in [-0.05, 0) is 29.3 Å². The first-order valence-electron chi connectivity index (χ1n) is 7.18. The van der Waals surface area contributed by atoms with E-state index in [1.165, 1.54) is 19.2 Å². The third-order valence-corrected chi connectivity index (χ3v) is 4.39. The van der Waals surface area contributed by atoms with Crippen LogP contribution in [0.5, 0.6) is 5.88 Å². The van der Waals surface area contributed by atoms with Crippen molar-refractivity contribution >= 4 is 15.9 Å². The molecule has 2 aromatic rings. The van der Waals surface area contributed by atoms with E-state index in [1.807, 2.05) is 0 Å². The number of methoxy groups -OCH3 is 1. The van der Waals surface area contributed by atoms with Gasteiger partial charge in [0.05, 0.1) is 12.0 Å². The summed E-state index contributed by atoms with van der Waals surface area (Å²) in [5, 5.41) is 5.44. The summed E-state index contributed by atoms with van der Waals surface area (Å²) in [6.07, 6.45) is 2.76. The van der Waals surface area contributed by atoms with Gasteiger partial charge in [-0.3, -0.25) is 0 Å². The van der Waals surface area contributed by atoms with E-state index >= 15 is 0 Å². The van der Waals surface area contributed by atoms with Crippen LogP contribution in [-0.2, 0) is 22.9 Å². The third kappa shape index (κ3) is 5.24. The highest BCUT2D eigenvalue weighted by molar-refractivity contribution is 7.90. The summed E-state index contributed by atoms with van der Waals surface area (Å²) in [6, 6.07) is 9.59. The molecule has 0 aliphatic heterocycles. The Morgan fingerprint density at radius 1 is 1.08 bits per heavy atom. The Labute approximate surface area is 141 Å². The number of nitrogens with one attached hydrogen (secondary N) is 2. The number of hydrogen-bond acceptors (Lipinski definition) is 5. The molecule has 8 heteroatoms. The second kappa shape index (κ2) is 7.78. The monoisotopic (exact) mass is 349 g/mol. The Balaban J connectivity index is 1.82. The number of urea groups is 1. The SMILES string of the molecule is COc1cc(CNC(=O)NCc2ccc(S(C)(=O)=O)cc2)ccn1. The summed E-state index contributed by atoms with van der Waals surface area (Å²) >= 11 is 0. The average Bonchev–Trinajstić information content (AvgIpc) is 2.58. The molecule has 2 rings (SSSR count). The first-order chi connectivity index (χ1) is 11.4. The summed E-state index contributed by atoms with van der Waals surface area (Å²) < 4.78 is 27.8. The molecule has 128 valence electrons. The molecule has 0 bridgehead atoms. The number of carbonyl (C=O) groups excluding carboxylic acids is 1. The molecule has 1 aromatic heterocycles. The van der Waals surface area contributed by atoms with Crippen molar-refractivity contribution in [3.63, 3.8) is 0 Å². The predicted octanol–water partition coefficient (Wildman–Crippen LogP) is 1.49. The molecule has 0 saturated carbocycles. The number of aromatic nitrogens is 1. The lowest BCUT2D eigenvalue weighted by molar-refractivity contribution is 0.240. The van der Waals surface area contributed by atoms with Crippen LogP contribution in [0.3, 0.4) is 0 Å². The maximum absolute atomic E-state index is 11.8. The third-order valence-electron chi connectivity index (χ3n) is 3.27. The zero-order valence-corrected chi connectivity index (χ0v) is 14.3. The first kappa shape index (κ1) is 17.7. The smallest absolute Gasteiger partial charge is 0.315 e. The van der Waals surface area contributed by atoms with Crippen LogP contribution in [0.25, 0.3) is 0 Å². The number of nitrogens with zero attached hydrogens (tertiary/aromatic N) is 1. The second-order valence-corrected chi connectivity index (χ2v) is 7.17. The van der Waals surface area contributed by atoms with Crippen LogP contribution in [0.2, 0.25) is 0 Å². The maximum atomic E-state index is 11.8. The second-order valence-electron chi connectivity index (χ2n) is 5.16. The Morgan fingerprint density at radius 2 is 1.71 bits per heavy atom. The van der Waals surface area contributed by atoms with Crippen molar-refractivity contribution in [1.82, 2.24) is 15.6 Å². The number of sulfone groups is 1. The molecular formula is C16H19N3O4S. The van der Waals surface area contributed by atoms with Gasteiger partial charge >= 0.3 is 6.03 Å². The molecule has 0 aliphatic rings. The molecule has 1 heterocycles. The van der Waals surface area contributed by atoms with E-state index in [2.05, 4.69) is 15.6 Å². The molecule has 2 N–H and O–H groups in total. The zero-order valence-electron chi connectivity index (χ0n) is 13.4. The highest BCUT2D eigenvalue weighted by Crippen LogP contribution is 2.10. The lowest BCUT2D eigenvalue weighted by Gasteiger charge is -2.09. The van der Waals surface area contributed by atoms with Crippen LogP contribution < -0.4 is 15.4 Å². The molecule has 0 aliphatic carbocycles. The summed E-state index contributed by atoms with van der Waals surface area (Å²) in [7, 11) is -1.68. The fraction of sp³-hybridized carbons (Fsp3) is 0.250. The van der Waals surface area contributed by atoms with Gasteiger partial charge < -0.3 is 15.4 Å². The Hall–Kier alpha value is -2.61. The van der Waals surface area contributed by atoms with E-state index in [0.717, 1.165) is 17.4 Å². The Morgan fingerprint density at radius 3 is 2.29 bits per heavy atom. The number of ether oxygens (including phenoxy) is 1. The van der Waals surface area contributed by atoms with Crippen molar-refractivity contribution in [2.45, 2.75) is 18.0 Å². The van der Waals surface area contributed by atoms with Crippen molar-refractivity contribution in [1.29, 1.82) is 0 Å². The van der Waals surface area contributed by atoms with E-state index in [1.54, 1.807) is 30.5 Å². The average molecular weight is 349 g/mol. The van der Waals surface area contributed by atoms with E-state index in [0.29, 0.717) is 19.0 Å². The van der Waals surface area contributed by atoms with E-state index in [-0.39, 0.29) is 10.9 Å². The van der Waals surface area contributed by atoms with Crippen molar-refractivity contribution in [3.8, 4) is 5.88 Å². The highest BCUT2D eigenvalue weighted by atomic mass is 32.2. The summed E-state index contributed by atoms with van der Waals surface area (Å²) in [4.78, 5) is 16.0. The summed E-state index contributed by atoms with van der Waals surface area (Å²) in [6.45, 7) is 0.646. The molecule has 0 spiro atoms. The molecule has 2 amide bonds. The van der Waals surface area contributed by atoms with Crippen LogP contribution >= 0.6 is 0 Å². The van der Waals surface area contributed by atoms with Crippen molar-refractivity contribution in [3.05, 3.63) is 53.7 Å². The van der Waals surface area contributed by atoms with Crippen molar-refractivity contribution in [2.75, 3.05) is 13.4 Å². The molecule has 0 radical (unpaired) electrons. The summed E-state index contributed by atoms with van der Waals surface area (Å²) in [5.74, 6) is 0.487. The van der Waals surface area contributed by atoms with Gasteiger partial charge in [-0.15, -0.1) is 0 Å². The van der Waals surface area contributed by atoms with Crippen LogP contribution in [0, 0.1) is 0 Å². The molecule has 0 saturated heterocycles. The first-order valence-corrected chi connectivity index (χ1v) is 9.07. The zero-order chi connectivity index (χ0) is 17.6. The number of hydrogen-bond donors (Lipinski definition) is 2. The normalized spacial score (nSPS) is 10.9. The Bertz CT molecular complexity index is 804. The summed E-state index contributed by atoms with van der Waals surface area (Å²) in [5.41, 5.74) is 1.68. The van der Waals surface area contributed by atoms with E-state index in [9.17, 15) is 13.2 Å². The minimum Gasteiger partial charge on any atom is -0.481 e. The van der Waals surface area contributed by atoms with Gasteiger partial charge in [-0.25, -0.2) is 18.2 Å². The largest absolute Gasteiger partial charge is 0.481 e. The number of rotatable bonds is 6. The quantitative estimate of drug-likeness (QED) is 0.823. The van der Waals surface area contributed by atoms with Gasteiger partial charge in [-0.1, -0.05) is 12.1 Å². The maximum Gasteiger partial charge on any atom is 0.315 e. The van der Waals surface area contributed by atoms with E-state index < -0.39 is 9.84 Å². The number of amides is 2. The minimum absolute atomic E-state index is 0.252. The van der Waals surface area contributed by atoms with Gasteiger partial charge in [0.1, 0.15) is 0 Å². The molecule has 7 nitrogen and oxygen atoms in total. The lowest BCUT2D eigenvalue weighted by Crippen LogP contribution is -2.34. The molecule has 0 atom stereocenters. The molecule has 0 unspecified atom stereocenters. The number of benzene rings is 1. The predicted molar refractivity (Wildman–Crippen MR) is 89.4 cm³/mol. The molecule has 0 fully saturated rings. The molecule has 24 heavy (non-hydrogen) atoms. The lowest BCUT2D eigenvalue weighted by atomic mass is 10.2. The van der Waals surface area contributed by atoms with Gasteiger partial charge in [0, 0.05) is 31.6 Å². The van der Waals surface area contributed by atoms with Gasteiger partial charge in [0.2, 0.25) is 5.88 Å². The van der Waals surface area contributed by atoms with Crippen molar-refractivity contribution < 1.29 is 17.9 Å². The van der Waals surface area contributed by atoms with Gasteiger partial charge in [-0.2, -0.15) is 0 Å². The Kier molecular flexibility index (Phi) is 5.75. The highest BCUT2D eigenvalue weighted by Gasteiger charge is 2.07. The van der Waals surface area contributed by atoms with Gasteiger partial charge in [0.15, 0.2) is 9.84 Å². The van der Waals surface area contributed by atoms with Gasteiger partial charge in [0.25, 0.3) is 0 Å². The standard InChI is InChI=1S/C16H19N3O4S/c1-23-15-9-13(7-8-17-15)11-19-16(20)18-10-12-3-5-14(6-4-12)24(2,21)22/h3-9H,10-11H2,1-2H3,(H2,18,19,20). The fourth-order valence-corrected chi connectivity index (χ4v) is 2.58. The number of pyridine rings is 1. The van der Waals surface area contributed by atoms with Crippen LogP contribution in [0.1, 0.15) is 11.1 Å². The van der Waals surface area contributed by atoms with Crippen LogP contribution in [0.15, 0.2) is 47.5 Å².